The van der Waals surface area contributed by atoms with Crippen molar-refractivity contribution in [3.8, 4) is 0 Å². The third kappa shape index (κ3) is 7.94. The largest absolute Gasteiger partial charge is 0.389 e. The Labute approximate surface area is 73.9 Å². The monoisotopic (exact) mass is 177 g/mol. The quantitative estimate of drug-likeness (QED) is 0.496. The summed E-state index contributed by atoms with van der Waals surface area (Å²) in [5.74, 6) is 0. The third-order valence-electron chi connectivity index (χ3n) is 1.44. The molecule has 0 amide bonds. The van der Waals surface area contributed by atoms with Crippen molar-refractivity contribution in [1.82, 2.24) is 5.32 Å². The van der Waals surface area contributed by atoms with Crippen LogP contribution >= 0.6 is 0 Å². The first kappa shape index (κ1) is 11.8. The molecule has 4 heteroatoms. The van der Waals surface area contributed by atoms with Crippen LogP contribution in [0.1, 0.15) is 6.42 Å². The first-order valence-corrected chi connectivity index (χ1v) is 4.18. The average Bonchev–Trinajstić information content (AvgIpc) is 2.05. The molecule has 0 bridgehead atoms. The molecule has 0 rings (SSSR count). The minimum absolute atomic E-state index is 0.386. The zero-order chi connectivity index (χ0) is 9.23. The maximum atomic E-state index is 9.19. The SMILES string of the molecule is COCCCNCC(O)COC. The van der Waals surface area contributed by atoms with E-state index in [1.807, 2.05) is 0 Å². The van der Waals surface area contributed by atoms with Crippen LogP contribution in [0.25, 0.3) is 0 Å². The van der Waals surface area contributed by atoms with E-state index in [2.05, 4.69) is 5.32 Å². The number of nitrogens with one attached hydrogen (secondary N) is 1. The van der Waals surface area contributed by atoms with Gasteiger partial charge in [0, 0.05) is 27.4 Å². The summed E-state index contributed by atoms with van der Waals surface area (Å²) in [7, 11) is 3.26. The van der Waals surface area contributed by atoms with Gasteiger partial charge in [0.05, 0.1) is 12.7 Å². The zero-order valence-electron chi connectivity index (χ0n) is 7.88. The predicted molar refractivity (Wildman–Crippen MR) is 47.2 cm³/mol. The molecule has 1 unspecified atom stereocenters. The van der Waals surface area contributed by atoms with Crippen molar-refractivity contribution in [3.63, 3.8) is 0 Å². The highest BCUT2D eigenvalue weighted by Crippen LogP contribution is 1.82. The Morgan fingerprint density at radius 1 is 1.33 bits per heavy atom. The molecule has 0 heterocycles. The summed E-state index contributed by atoms with van der Waals surface area (Å²) in [4.78, 5) is 0. The Hall–Kier alpha value is -0.160. The van der Waals surface area contributed by atoms with Crippen LogP contribution in [-0.4, -0.2) is 51.7 Å². The summed E-state index contributed by atoms with van der Waals surface area (Å²) < 4.78 is 9.64. The minimum atomic E-state index is -0.405. The van der Waals surface area contributed by atoms with E-state index in [0.29, 0.717) is 13.2 Å². The fourth-order valence-corrected chi connectivity index (χ4v) is 0.861. The highest BCUT2D eigenvalue weighted by Gasteiger charge is 2.00. The molecule has 0 fully saturated rings. The van der Waals surface area contributed by atoms with E-state index in [1.54, 1.807) is 14.2 Å². The van der Waals surface area contributed by atoms with Crippen LogP contribution in [0.15, 0.2) is 0 Å². The van der Waals surface area contributed by atoms with Crippen molar-refractivity contribution in [2.24, 2.45) is 0 Å². The Balaban J connectivity index is 2.97. The number of aliphatic hydroxyl groups excluding tert-OH is 1. The normalized spacial score (nSPS) is 13.2. The molecule has 74 valence electrons. The van der Waals surface area contributed by atoms with E-state index in [-0.39, 0.29) is 0 Å². The van der Waals surface area contributed by atoms with Crippen molar-refractivity contribution in [1.29, 1.82) is 0 Å². The lowest BCUT2D eigenvalue weighted by molar-refractivity contribution is 0.0642. The molecule has 0 spiro atoms. The minimum Gasteiger partial charge on any atom is -0.389 e. The van der Waals surface area contributed by atoms with E-state index < -0.39 is 6.10 Å². The number of hydrogen-bond donors (Lipinski definition) is 2. The lowest BCUT2D eigenvalue weighted by Gasteiger charge is -2.09. The summed E-state index contributed by atoms with van der Waals surface area (Å²) in [5, 5.41) is 12.3. The maximum absolute atomic E-state index is 9.19. The van der Waals surface area contributed by atoms with Gasteiger partial charge in [0.15, 0.2) is 0 Å². The van der Waals surface area contributed by atoms with Gasteiger partial charge < -0.3 is 19.9 Å². The van der Waals surface area contributed by atoms with Crippen LogP contribution in [-0.2, 0) is 9.47 Å². The van der Waals surface area contributed by atoms with Crippen LogP contribution in [0.4, 0.5) is 0 Å². The summed E-state index contributed by atoms with van der Waals surface area (Å²) in [5.41, 5.74) is 0. The van der Waals surface area contributed by atoms with Crippen molar-refractivity contribution >= 4 is 0 Å². The third-order valence-corrected chi connectivity index (χ3v) is 1.44. The van der Waals surface area contributed by atoms with Crippen molar-refractivity contribution in [2.75, 3.05) is 40.5 Å². The summed E-state index contributed by atoms with van der Waals surface area (Å²) >= 11 is 0. The Bertz CT molecular complexity index is 90.4. The topological polar surface area (TPSA) is 50.7 Å². The molecular weight excluding hydrogens is 158 g/mol. The van der Waals surface area contributed by atoms with Crippen LogP contribution in [0, 0.1) is 0 Å². The molecule has 4 nitrogen and oxygen atoms in total. The Morgan fingerprint density at radius 2 is 2.08 bits per heavy atom. The molecule has 0 saturated heterocycles. The number of hydrogen-bond acceptors (Lipinski definition) is 4. The van der Waals surface area contributed by atoms with E-state index in [4.69, 9.17) is 9.47 Å². The lowest BCUT2D eigenvalue weighted by Crippen LogP contribution is -2.30. The van der Waals surface area contributed by atoms with Gasteiger partial charge in [0.2, 0.25) is 0 Å². The average molecular weight is 177 g/mol. The highest BCUT2D eigenvalue weighted by atomic mass is 16.5. The van der Waals surface area contributed by atoms with Gasteiger partial charge in [-0.25, -0.2) is 0 Å². The van der Waals surface area contributed by atoms with E-state index >= 15 is 0 Å². The predicted octanol–water partition coefficient (Wildman–Crippen LogP) is -0.380. The summed E-state index contributed by atoms with van der Waals surface area (Å²) in [6, 6.07) is 0. The molecule has 1 atom stereocenters. The lowest BCUT2D eigenvalue weighted by atomic mass is 10.3. The molecule has 0 aromatic rings. The van der Waals surface area contributed by atoms with Gasteiger partial charge in [-0.1, -0.05) is 0 Å². The molecule has 0 aromatic heterocycles. The van der Waals surface area contributed by atoms with Gasteiger partial charge in [-0.2, -0.15) is 0 Å². The van der Waals surface area contributed by atoms with Gasteiger partial charge >= 0.3 is 0 Å². The van der Waals surface area contributed by atoms with Crippen molar-refractivity contribution < 1.29 is 14.6 Å². The van der Waals surface area contributed by atoms with Crippen molar-refractivity contribution in [2.45, 2.75) is 12.5 Å². The molecule has 0 aliphatic carbocycles. The summed E-state index contributed by atoms with van der Waals surface area (Å²) in [6.07, 6.45) is 0.563. The number of aliphatic hydroxyl groups is 1. The Morgan fingerprint density at radius 3 is 2.67 bits per heavy atom. The molecule has 0 aromatic carbocycles. The highest BCUT2D eigenvalue weighted by molar-refractivity contribution is 4.57. The zero-order valence-corrected chi connectivity index (χ0v) is 7.88. The van der Waals surface area contributed by atoms with E-state index in [9.17, 15) is 5.11 Å². The number of ether oxygens (including phenoxy) is 2. The van der Waals surface area contributed by atoms with E-state index in [1.165, 1.54) is 0 Å². The number of rotatable bonds is 8. The standard InChI is InChI=1S/C8H19NO3/c1-11-5-3-4-9-6-8(10)7-12-2/h8-10H,3-7H2,1-2H3. The van der Waals surface area contributed by atoms with Gasteiger partial charge in [0.1, 0.15) is 0 Å². The van der Waals surface area contributed by atoms with Crippen LogP contribution in [0.3, 0.4) is 0 Å². The second kappa shape index (κ2) is 8.93. The first-order chi connectivity index (χ1) is 5.81. The van der Waals surface area contributed by atoms with Gasteiger partial charge in [-0.3, -0.25) is 0 Å². The maximum Gasteiger partial charge on any atom is 0.0897 e. The Kier molecular flexibility index (Phi) is 8.81. The van der Waals surface area contributed by atoms with Crippen LogP contribution in [0.2, 0.25) is 0 Å². The second-order valence-corrected chi connectivity index (χ2v) is 2.66. The molecular formula is C8H19NO3. The van der Waals surface area contributed by atoms with Crippen LogP contribution in [0.5, 0.6) is 0 Å². The first-order valence-electron chi connectivity index (χ1n) is 4.18. The summed E-state index contributed by atoms with van der Waals surface area (Å²) in [6.45, 7) is 2.59. The van der Waals surface area contributed by atoms with E-state index in [0.717, 1.165) is 19.6 Å². The van der Waals surface area contributed by atoms with Crippen molar-refractivity contribution in [3.05, 3.63) is 0 Å². The molecule has 0 aliphatic rings. The second-order valence-electron chi connectivity index (χ2n) is 2.66. The molecule has 2 N–H and O–H groups in total. The molecule has 0 radical (unpaired) electrons. The van der Waals surface area contributed by atoms with Gasteiger partial charge in [-0.15, -0.1) is 0 Å². The number of methoxy groups -OCH3 is 2. The molecule has 0 saturated carbocycles. The van der Waals surface area contributed by atoms with Gasteiger partial charge in [0.25, 0.3) is 0 Å². The van der Waals surface area contributed by atoms with Crippen LogP contribution < -0.4 is 5.32 Å². The fraction of sp³-hybridized carbons (Fsp3) is 1.00. The smallest absolute Gasteiger partial charge is 0.0897 e. The van der Waals surface area contributed by atoms with Gasteiger partial charge in [-0.05, 0) is 13.0 Å². The fourth-order valence-electron chi connectivity index (χ4n) is 0.861. The molecule has 0 aliphatic heterocycles. The molecule has 12 heavy (non-hydrogen) atoms.